The Morgan fingerprint density at radius 3 is 2.23 bits per heavy atom. The minimum absolute atomic E-state index is 0.133. The number of alkyl halides is 3. The second-order valence-electron chi connectivity index (χ2n) is 6.22. The molecule has 0 saturated carbocycles. The molecule has 0 atom stereocenters. The molecule has 154 valence electrons. The molecule has 0 aliphatic carbocycles. The zero-order valence-corrected chi connectivity index (χ0v) is 16.9. The highest BCUT2D eigenvalue weighted by Crippen LogP contribution is 2.29. The zero-order valence-electron chi connectivity index (χ0n) is 15.3. The molecule has 0 aliphatic rings. The van der Waals surface area contributed by atoms with E-state index < -0.39 is 23.0 Å². The van der Waals surface area contributed by atoms with E-state index in [9.17, 15) is 22.8 Å². The Bertz CT molecular complexity index is 1300. The molecule has 0 radical (unpaired) electrons. The van der Waals surface area contributed by atoms with Crippen molar-refractivity contribution in [3.05, 3.63) is 104 Å². The van der Waals surface area contributed by atoms with Gasteiger partial charge in [0.05, 0.1) is 22.2 Å². The monoisotopic (exact) mass is 477 g/mol. The first-order valence-electron chi connectivity index (χ1n) is 8.59. The minimum atomic E-state index is -4.55. The molecule has 0 aliphatic heterocycles. The van der Waals surface area contributed by atoms with Crippen LogP contribution in [-0.2, 0) is 6.18 Å². The topological polar surface area (TPSA) is 80.9 Å². The number of hydrogen-bond acceptors (Lipinski definition) is 3. The van der Waals surface area contributed by atoms with Gasteiger partial charge in [0.1, 0.15) is 0 Å². The van der Waals surface area contributed by atoms with Gasteiger partial charge in [0.25, 0.3) is 5.56 Å². The Morgan fingerprint density at radius 1 is 0.900 bits per heavy atom. The lowest BCUT2D eigenvalue weighted by atomic mass is 10.2. The summed E-state index contributed by atoms with van der Waals surface area (Å²) in [4.78, 5) is 26.9. The van der Waals surface area contributed by atoms with Crippen molar-refractivity contribution in [2.24, 2.45) is 0 Å². The number of aromatic nitrogens is 2. The summed E-state index contributed by atoms with van der Waals surface area (Å²) < 4.78 is 40.0. The first kappa shape index (κ1) is 21.4. The van der Waals surface area contributed by atoms with Crippen LogP contribution in [-0.4, -0.2) is 9.55 Å². The molecule has 4 aromatic rings. The number of benzene rings is 3. The summed E-state index contributed by atoms with van der Waals surface area (Å²) in [6.07, 6.45) is -4.55. The lowest BCUT2D eigenvalue weighted by molar-refractivity contribution is -0.137. The molecule has 3 aromatic carbocycles. The van der Waals surface area contributed by atoms with Crippen molar-refractivity contribution in [3.8, 4) is 5.69 Å². The van der Waals surface area contributed by atoms with Crippen LogP contribution in [0.5, 0.6) is 0 Å². The minimum Gasteiger partial charge on any atom is -0.399 e. The fraction of sp³-hybridized carbons (Fsp3) is 0.0476. The average molecular weight is 478 g/mol. The third kappa shape index (κ3) is 4.80. The quantitative estimate of drug-likeness (QED) is 0.389. The van der Waals surface area contributed by atoms with Crippen LogP contribution in [0.1, 0.15) is 5.56 Å². The van der Waals surface area contributed by atoms with Crippen LogP contribution in [0.15, 0.2) is 86.9 Å². The number of anilines is 1. The Balaban J connectivity index is 0.000000269. The number of fused-ring (bicyclic) bond motifs is 1. The van der Waals surface area contributed by atoms with Crippen LogP contribution in [0.25, 0.3) is 16.6 Å². The molecular formula is C21H15BrF3N3O2. The fourth-order valence-corrected chi connectivity index (χ4v) is 3.14. The van der Waals surface area contributed by atoms with Crippen molar-refractivity contribution in [2.75, 3.05) is 5.73 Å². The number of hydrogen-bond donors (Lipinski definition) is 2. The molecule has 0 unspecified atom stereocenters. The van der Waals surface area contributed by atoms with Crippen LogP contribution in [0.3, 0.4) is 0 Å². The van der Waals surface area contributed by atoms with Gasteiger partial charge in [0.15, 0.2) is 0 Å². The number of nitrogen functional groups attached to an aromatic ring is 1. The summed E-state index contributed by atoms with van der Waals surface area (Å²) in [7, 11) is 0. The molecule has 30 heavy (non-hydrogen) atoms. The van der Waals surface area contributed by atoms with Gasteiger partial charge < -0.3 is 10.7 Å². The lowest BCUT2D eigenvalue weighted by Crippen LogP contribution is -2.33. The molecule has 1 heterocycles. The summed E-state index contributed by atoms with van der Waals surface area (Å²) in [6, 6.07) is 17.9. The third-order valence-corrected chi connectivity index (χ3v) is 4.58. The highest BCUT2D eigenvalue weighted by Gasteiger charge is 2.30. The Hall–Kier alpha value is -3.33. The molecule has 5 nitrogen and oxygen atoms in total. The largest absolute Gasteiger partial charge is 0.416 e. The van der Waals surface area contributed by atoms with E-state index in [4.69, 9.17) is 5.73 Å². The van der Waals surface area contributed by atoms with Crippen molar-refractivity contribution in [1.82, 2.24) is 9.55 Å². The number of para-hydroxylation sites is 1. The van der Waals surface area contributed by atoms with Gasteiger partial charge in [-0.3, -0.25) is 4.79 Å². The first-order valence-corrected chi connectivity index (χ1v) is 9.39. The highest BCUT2D eigenvalue weighted by molar-refractivity contribution is 9.10. The molecule has 0 spiro atoms. The second-order valence-corrected chi connectivity index (χ2v) is 7.14. The standard InChI is InChI=1S/C15H9F3N2O2.C6H6BrN/c16-15(17,18)9-4-3-5-10(8-9)20-13(21)11-6-1-2-7-12(11)19-14(20)22;7-5-2-1-3-6(8)4-5/h1-8H,(H,19,22);1-4H,8H2. The molecule has 0 bridgehead atoms. The van der Waals surface area contributed by atoms with Gasteiger partial charge in [-0.2, -0.15) is 13.2 Å². The number of aromatic amines is 1. The Morgan fingerprint density at radius 2 is 1.60 bits per heavy atom. The molecular weight excluding hydrogens is 463 g/mol. The number of nitrogens with zero attached hydrogens (tertiary/aromatic N) is 1. The number of H-pyrrole nitrogens is 1. The van der Waals surface area contributed by atoms with Crippen molar-refractivity contribution < 1.29 is 13.2 Å². The molecule has 1 aromatic heterocycles. The first-order chi connectivity index (χ1) is 14.2. The second kappa shape index (κ2) is 8.58. The van der Waals surface area contributed by atoms with E-state index in [1.807, 2.05) is 24.3 Å². The maximum atomic E-state index is 12.8. The Labute approximate surface area is 176 Å². The van der Waals surface area contributed by atoms with Gasteiger partial charge in [-0.05, 0) is 48.5 Å². The summed E-state index contributed by atoms with van der Waals surface area (Å²) in [5, 5.41) is 0.222. The predicted octanol–water partition coefficient (Wildman–Crippen LogP) is 4.73. The van der Waals surface area contributed by atoms with Crippen LogP contribution >= 0.6 is 15.9 Å². The van der Waals surface area contributed by atoms with E-state index in [1.165, 1.54) is 12.1 Å². The third-order valence-electron chi connectivity index (χ3n) is 4.09. The average Bonchev–Trinajstić information content (AvgIpc) is 2.68. The smallest absolute Gasteiger partial charge is 0.399 e. The highest BCUT2D eigenvalue weighted by atomic mass is 79.9. The van der Waals surface area contributed by atoms with Crippen LogP contribution in [0.2, 0.25) is 0 Å². The molecule has 4 rings (SSSR count). The fourth-order valence-electron chi connectivity index (χ4n) is 2.72. The van der Waals surface area contributed by atoms with Crippen molar-refractivity contribution in [2.45, 2.75) is 6.18 Å². The molecule has 0 amide bonds. The molecule has 0 saturated heterocycles. The van der Waals surface area contributed by atoms with Gasteiger partial charge in [0.2, 0.25) is 0 Å². The van der Waals surface area contributed by atoms with E-state index in [2.05, 4.69) is 20.9 Å². The van der Waals surface area contributed by atoms with Gasteiger partial charge in [-0.15, -0.1) is 0 Å². The van der Waals surface area contributed by atoms with Gasteiger partial charge in [-0.25, -0.2) is 9.36 Å². The van der Waals surface area contributed by atoms with E-state index in [1.54, 1.807) is 18.2 Å². The molecule has 9 heteroatoms. The van der Waals surface area contributed by atoms with Crippen LogP contribution in [0, 0.1) is 0 Å². The van der Waals surface area contributed by atoms with Crippen molar-refractivity contribution in [3.63, 3.8) is 0 Å². The Kier molecular flexibility index (Phi) is 6.12. The van der Waals surface area contributed by atoms with Crippen molar-refractivity contribution in [1.29, 1.82) is 0 Å². The van der Waals surface area contributed by atoms with Gasteiger partial charge in [-0.1, -0.05) is 40.2 Å². The SMILES string of the molecule is Nc1cccc(Br)c1.O=c1[nH]c2ccccc2c(=O)n1-c1cccc(C(F)(F)F)c1. The normalized spacial score (nSPS) is 11.1. The van der Waals surface area contributed by atoms with E-state index in [0.717, 1.165) is 28.4 Å². The molecule has 0 fully saturated rings. The van der Waals surface area contributed by atoms with Crippen LogP contribution in [0.4, 0.5) is 18.9 Å². The number of rotatable bonds is 1. The molecule has 3 N–H and O–H groups in total. The lowest BCUT2D eigenvalue weighted by Gasteiger charge is -2.10. The van der Waals surface area contributed by atoms with Crippen molar-refractivity contribution >= 4 is 32.5 Å². The van der Waals surface area contributed by atoms with E-state index in [-0.39, 0.29) is 11.1 Å². The summed E-state index contributed by atoms with van der Waals surface area (Å²) >= 11 is 3.28. The van der Waals surface area contributed by atoms with E-state index >= 15 is 0 Å². The maximum Gasteiger partial charge on any atom is 0.416 e. The summed E-state index contributed by atoms with van der Waals surface area (Å²) in [5.74, 6) is 0. The van der Waals surface area contributed by atoms with E-state index in [0.29, 0.717) is 10.1 Å². The van der Waals surface area contributed by atoms with Crippen LogP contribution < -0.4 is 17.0 Å². The number of nitrogens with two attached hydrogens (primary N) is 1. The number of halogens is 4. The summed E-state index contributed by atoms with van der Waals surface area (Å²) in [6.45, 7) is 0. The predicted molar refractivity (Wildman–Crippen MR) is 114 cm³/mol. The van der Waals surface area contributed by atoms with Gasteiger partial charge >= 0.3 is 11.9 Å². The number of nitrogens with one attached hydrogen (secondary N) is 1. The van der Waals surface area contributed by atoms with Gasteiger partial charge in [0, 0.05) is 10.2 Å². The summed E-state index contributed by atoms with van der Waals surface area (Å²) in [5.41, 5.74) is 4.04. The zero-order chi connectivity index (χ0) is 21.9. The maximum absolute atomic E-state index is 12.8.